The van der Waals surface area contributed by atoms with Crippen LogP contribution in [0.3, 0.4) is 0 Å². The molecule has 0 spiro atoms. The number of hydrogen-bond acceptors (Lipinski definition) is 3. The maximum atomic E-state index is 13.1. The van der Waals surface area contributed by atoms with Crippen LogP contribution in [-0.2, 0) is 9.59 Å². The minimum Gasteiger partial charge on any atom is -0.348 e. The summed E-state index contributed by atoms with van der Waals surface area (Å²) < 4.78 is 14.1. The van der Waals surface area contributed by atoms with Gasteiger partial charge in [0, 0.05) is 10.2 Å². The number of urea groups is 1. The summed E-state index contributed by atoms with van der Waals surface area (Å²) in [6, 6.07) is 11.1. The summed E-state index contributed by atoms with van der Waals surface area (Å²) in [5, 5.41) is 2.79. The zero-order chi connectivity index (χ0) is 20.4. The van der Waals surface area contributed by atoms with E-state index in [9.17, 15) is 18.8 Å². The number of halogens is 2. The van der Waals surface area contributed by atoms with Crippen LogP contribution in [0.1, 0.15) is 25.5 Å². The largest absolute Gasteiger partial charge is 0.348 e. The van der Waals surface area contributed by atoms with Crippen LogP contribution in [0.15, 0.2) is 53.0 Å². The molecule has 3 rings (SSSR count). The van der Waals surface area contributed by atoms with Gasteiger partial charge in [0.05, 0.1) is 6.04 Å². The minimum absolute atomic E-state index is 0.279. The van der Waals surface area contributed by atoms with Crippen LogP contribution in [-0.4, -0.2) is 35.3 Å². The van der Waals surface area contributed by atoms with Crippen molar-refractivity contribution in [2.24, 2.45) is 0 Å². The minimum atomic E-state index is -0.769. The molecule has 0 bridgehead atoms. The van der Waals surface area contributed by atoms with Gasteiger partial charge in [0.1, 0.15) is 18.4 Å². The zero-order valence-corrected chi connectivity index (χ0v) is 16.9. The Morgan fingerprint density at radius 1 is 1.14 bits per heavy atom. The molecule has 0 radical (unpaired) electrons. The van der Waals surface area contributed by atoms with Crippen molar-refractivity contribution >= 4 is 39.5 Å². The van der Waals surface area contributed by atoms with E-state index in [1.807, 2.05) is 31.2 Å². The lowest BCUT2D eigenvalue weighted by Gasteiger charge is -2.20. The molecule has 2 aromatic carbocycles. The van der Waals surface area contributed by atoms with E-state index in [2.05, 4.69) is 21.2 Å². The van der Waals surface area contributed by atoms with Crippen LogP contribution in [0.2, 0.25) is 0 Å². The number of rotatable bonds is 5. The highest BCUT2D eigenvalue weighted by atomic mass is 79.9. The molecule has 0 saturated carbocycles. The molecule has 8 heteroatoms. The Bertz CT molecular complexity index is 902. The molecule has 0 aromatic heterocycles. The number of benzene rings is 2. The van der Waals surface area contributed by atoms with Gasteiger partial charge in [0.2, 0.25) is 5.91 Å². The molecule has 6 nitrogen and oxygen atoms in total. The number of carbonyl (C=O) groups excluding carboxylic acids is 3. The van der Waals surface area contributed by atoms with Gasteiger partial charge in [-0.05, 0) is 55.8 Å². The highest BCUT2D eigenvalue weighted by Gasteiger charge is 2.44. The summed E-state index contributed by atoms with van der Waals surface area (Å²) in [5.41, 5.74) is 1.30. The van der Waals surface area contributed by atoms with Crippen molar-refractivity contribution in [1.29, 1.82) is 0 Å². The molecule has 1 N–H and O–H groups in total. The van der Waals surface area contributed by atoms with Gasteiger partial charge in [-0.25, -0.2) is 9.18 Å². The van der Waals surface area contributed by atoms with Crippen molar-refractivity contribution in [3.8, 4) is 0 Å². The number of nitrogens with one attached hydrogen (secondary N) is 1. The molecular weight excluding hydrogens is 429 g/mol. The third kappa shape index (κ3) is 4.06. The summed E-state index contributed by atoms with van der Waals surface area (Å²) >= 11 is 3.36. The third-order valence-electron chi connectivity index (χ3n) is 4.60. The standard InChI is InChI=1S/C20H19BrFN3O3/c1-12(14-3-5-15(21)6-4-14)23-18(26)11-24-19(27)13(2)25(20(24)28)17-9-7-16(22)8-10-17/h3-10,12-13H,11H2,1-2H3,(H,23,26)/t12-,13-/m1/s1. The van der Waals surface area contributed by atoms with E-state index in [-0.39, 0.29) is 12.6 Å². The highest BCUT2D eigenvalue weighted by molar-refractivity contribution is 9.10. The molecule has 146 valence electrons. The second-order valence-corrected chi connectivity index (χ2v) is 7.49. The fraction of sp³-hybridized carbons (Fsp3) is 0.250. The summed E-state index contributed by atoms with van der Waals surface area (Å²) in [5.74, 6) is -1.35. The van der Waals surface area contributed by atoms with Crippen LogP contribution in [0.5, 0.6) is 0 Å². The Hall–Kier alpha value is -2.74. The topological polar surface area (TPSA) is 69.7 Å². The Kier molecular flexibility index (Phi) is 5.79. The summed E-state index contributed by atoms with van der Waals surface area (Å²) in [6.45, 7) is 3.02. The molecular formula is C20H19BrFN3O3. The van der Waals surface area contributed by atoms with Gasteiger partial charge in [-0.3, -0.25) is 19.4 Å². The Balaban J connectivity index is 1.68. The molecule has 1 heterocycles. The molecule has 1 aliphatic heterocycles. The first-order chi connectivity index (χ1) is 13.3. The number of anilines is 1. The second-order valence-electron chi connectivity index (χ2n) is 6.57. The number of hydrogen-bond donors (Lipinski definition) is 1. The fourth-order valence-electron chi connectivity index (χ4n) is 3.07. The maximum Gasteiger partial charge on any atom is 0.332 e. The molecule has 1 fully saturated rings. The zero-order valence-electron chi connectivity index (χ0n) is 15.4. The Labute approximate surface area is 170 Å². The average molecular weight is 448 g/mol. The molecule has 1 saturated heterocycles. The number of nitrogens with zero attached hydrogens (tertiary/aromatic N) is 2. The van der Waals surface area contributed by atoms with Gasteiger partial charge in [-0.2, -0.15) is 0 Å². The van der Waals surface area contributed by atoms with Gasteiger partial charge >= 0.3 is 6.03 Å². The van der Waals surface area contributed by atoms with E-state index in [0.717, 1.165) is 14.9 Å². The number of carbonyl (C=O) groups is 3. The van der Waals surface area contributed by atoms with Crippen molar-refractivity contribution in [1.82, 2.24) is 10.2 Å². The van der Waals surface area contributed by atoms with Gasteiger partial charge in [-0.15, -0.1) is 0 Å². The predicted octanol–water partition coefficient (Wildman–Crippen LogP) is 3.62. The van der Waals surface area contributed by atoms with Crippen molar-refractivity contribution in [3.05, 3.63) is 64.4 Å². The van der Waals surface area contributed by atoms with Crippen molar-refractivity contribution in [2.75, 3.05) is 11.4 Å². The van der Waals surface area contributed by atoms with Crippen molar-refractivity contribution in [2.45, 2.75) is 25.9 Å². The Morgan fingerprint density at radius 3 is 2.36 bits per heavy atom. The summed E-state index contributed by atoms with van der Waals surface area (Å²) in [7, 11) is 0. The molecule has 28 heavy (non-hydrogen) atoms. The van der Waals surface area contributed by atoms with Gasteiger partial charge in [-0.1, -0.05) is 28.1 Å². The first-order valence-electron chi connectivity index (χ1n) is 8.73. The van der Waals surface area contributed by atoms with Crippen LogP contribution >= 0.6 is 15.9 Å². The van der Waals surface area contributed by atoms with E-state index in [0.29, 0.717) is 5.69 Å². The fourth-order valence-corrected chi connectivity index (χ4v) is 3.34. The molecule has 1 aliphatic rings. The monoisotopic (exact) mass is 447 g/mol. The van der Waals surface area contributed by atoms with Crippen molar-refractivity contribution < 1.29 is 18.8 Å². The summed E-state index contributed by atoms with van der Waals surface area (Å²) in [6.07, 6.45) is 0. The van der Waals surface area contributed by atoms with Crippen LogP contribution in [0, 0.1) is 5.82 Å². The highest BCUT2D eigenvalue weighted by Crippen LogP contribution is 2.26. The number of imide groups is 1. The quantitative estimate of drug-likeness (QED) is 0.711. The first kappa shape index (κ1) is 20.0. The second kappa shape index (κ2) is 8.10. The molecule has 4 amide bonds. The first-order valence-corrected chi connectivity index (χ1v) is 9.52. The molecule has 0 unspecified atom stereocenters. The maximum absolute atomic E-state index is 13.1. The normalized spacial score (nSPS) is 17.8. The molecule has 2 aromatic rings. The third-order valence-corrected chi connectivity index (χ3v) is 5.13. The van der Waals surface area contributed by atoms with Crippen LogP contribution in [0.4, 0.5) is 14.9 Å². The Morgan fingerprint density at radius 2 is 1.75 bits per heavy atom. The van der Waals surface area contributed by atoms with E-state index in [4.69, 9.17) is 0 Å². The van der Waals surface area contributed by atoms with Gasteiger partial charge in [0.25, 0.3) is 5.91 Å². The predicted molar refractivity (Wildman–Crippen MR) is 106 cm³/mol. The van der Waals surface area contributed by atoms with E-state index in [1.165, 1.54) is 29.2 Å². The van der Waals surface area contributed by atoms with Crippen LogP contribution < -0.4 is 10.2 Å². The smallest absolute Gasteiger partial charge is 0.332 e. The van der Waals surface area contributed by atoms with E-state index < -0.39 is 29.7 Å². The lowest BCUT2D eigenvalue weighted by molar-refractivity contribution is -0.132. The summed E-state index contributed by atoms with van der Waals surface area (Å²) in [4.78, 5) is 39.8. The lowest BCUT2D eigenvalue weighted by Crippen LogP contribution is -2.42. The lowest BCUT2D eigenvalue weighted by atomic mass is 10.1. The van der Waals surface area contributed by atoms with E-state index in [1.54, 1.807) is 6.92 Å². The average Bonchev–Trinajstić information content (AvgIpc) is 2.86. The van der Waals surface area contributed by atoms with E-state index >= 15 is 0 Å². The SMILES string of the molecule is C[C@@H]1C(=O)N(CC(=O)N[C@H](C)c2ccc(Br)cc2)C(=O)N1c1ccc(F)cc1. The molecule has 0 aliphatic carbocycles. The van der Waals surface area contributed by atoms with Gasteiger partial charge in [0.15, 0.2) is 0 Å². The molecule has 2 atom stereocenters. The number of amides is 4. The van der Waals surface area contributed by atoms with Crippen molar-refractivity contribution in [3.63, 3.8) is 0 Å². The van der Waals surface area contributed by atoms with Crippen LogP contribution in [0.25, 0.3) is 0 Å². The van der Waals surface area contributed by atoms with Gasteiger partial charge < -0.3 is 5.32 Å².